The minimum absolute atomic E-state index is 0.240. The van der Waals surface area contributed by atoms with Crippen LogP contribution in [0.2, 0.25) is 0 Å². The molecule has 1 aromatic rings. The molecule has 2 aliphatic rings. The maximum absolute atomic E-state index is 12.4. The molecule has 17 heavy (non-hydrogen) atoms. The predicted molar refractivity (Wildman–Crippen MR) is 69.6 cm³/mol. The number of nitrogens with zero attached hydrogens (tertiary/aromatic N) is 2. The first-order valence-electron chi connectivity index (χ1n) is 6.33. The number of piperazine rings is 1. The molecule has 0 bridgehead atoms. The van der Waals surface area contributed by atoms with E-state index in [1.165, 1.54) is 19.4 Å². The van der Waals surface area contributed by atoms with Crippen molar-refractivity contribution in [2.24, 2.45) is 0 Å². The molecule has 2 saturated heterocycles. The summed E-state index contributed by atoms with van der Waals surface area (Å²) in [6.45, 7) is 6.13. The fourth-order valence-electron chi connectivity index (χ4n) is 2.91. The third-order valence-corrected chi connectivity index (χ3v) is 4.94. The van der Waals surface area contributed by atoms with Crippen molar-refractivity contribution in [3.8, 4) is 0 Å². The highest BCUT2D eigenvalue weighted by Gasteiger charge is 2.33. The lowest BCUT2D eigenvalue weighted by Gasteiger charge is -2.37. The number of thiophene rings is 1. The zero-order valence-electron chi connectivity index (χ0n) is 10.2. The van der Waals surface area contributed by atoms with Gasteiger partial charge in [-0.05, 0) is 43.3 Å². The number of carbonyl (C=O) groups is 1. The Hall–Kier alpha value is -0.870. The second-order valence-corrected chi connectivity index (χ2v) is 5.93. The van der Waals surface area contributed by atoms with Crippen molar-refractivity contribution in [1.29, 1.82) is 0 Å². The van der Waals surface area contributed by atoms with Gasteiger partial charge >= 0.3 is 0 Å². The van der Waals surface area contributed by atoms with Crippen LogP contribution < -0.4 is 0 Å². The Morgan fingerprint density at radius 1 is 1.41 bits per heavy atom. The topological polar surface area (TPSA) is 23.6 Å². The van der Waals surface area contributed by atoms with E-state index in [2.05, 4.69) is 4.90 Å². The van der Waals surface area contributed by atoms with Crippen molar-refractivity contribution >= 4 is 17.2 Å². The average Bonchev–Trinajstić information content (AvgIpc) is 2.95. The van der Waals surface area contributed by atoms with Gasteiger partial charge < -0.3 is 4.90 Å². The van der Waals surface area contributed by atoms with Gasteiger partial charge in [-0.25, -0.2) is 0 Å². The van der Waals surface area contributed by atoms with Gasteiger partial charge in [-0.3, -0.25) is 9.69 Å². The maximum atomic E-state index is 12.4. The van der Waals surface area contributed by atoms with Crippen LogP contribution >= 0.6 is 11.3 Å². The van der Waals surface area contributed by atoms with Gasteiger partial charge in [-0.1, -0.05) is 0 Å². The van der Waals surface area contributed by atoms with Crippen molar-refractivity contribution in [1.82, 2.24) is 9.80 Å². The van der Waals surface area contributed by atoms with Crippen molar-refractivity contribution in [3.63, 3.8) is 0 Å². The quantitative estimate of drug-likeness (QED) is 0.761. The fourth-order valence-corrected chi connectivity index (χ4v) is 3.80. The van der Waals surface area contributed by atoms with Crippen LogP contribution in [0.15, 0.2) is 11.4 Å². The van der Waals surface area contributed by atoms with E-state index in [0.29, 0.717) is 6.04 Å². The van der Waals surface area contributed by atoms with E-state index in [0.717, 1.165) is 30.1 Å². The maximum Gasteiger partial charge on any atom is 0.264 e. The van der Waals surface area contributed by atoms with E-state index in [9.17, 15) is 4.79 Å². The lowest BCUT2D eigenvalue weighted by molar-refractivity contribution is 0.0575. The molecule has 3 nitrogen and oxygen atoms in total. The average molecular weight is 250 g/mol. The van der Waals surface area contributed by atoms with Gasteiger partial charge in [0.15, 0.2) is 0 Å². The summed E-state index contributed by atoms with van der Waals surface area (Å²) in [6, 6.07) is 2.65. The Bertz CT molecular complexity index is 429. The fraction of sp³-hybridized carbons (Fsp3) is 0.615. The molecule has 1 atom stereocenters. The van der Waals surface area contributed by atoms with Crippen molar-refractivity contribution in [2.45, 2.75) is 25.8 Å². The van der Waals surface area contributed by atoms with E-state index in [1.807, 2.05) is 23.3 Å². The SMILES string of the molecule is Cc1ccsc1C(=O)N1CCN2CCCC2C1. The number of fused-ring (bicyclic) bond motifs is 1. The molecule has 0 saturated carbocycles. The Morgan fingerprint density at radius 3 is 3.06 bits per heavy atom. The van der Waals surface area contributed by atoms with E-state index in [-0.39, 0.29) is 5.91 Å². The summed E-state index contributed by atoms with van der Waals surface area (Å²) in [6.07, 6.45) is 2.55. The number of amides is 1. The van der Waals surface area contributed by atoms with Crippen molar-refractivity contribution in [3.05, 3.63) is 21.9 Å². The highest BCUT2D eigenvalue weighted by molar-refractivity contribution is 7.12. The lowest BCUT2D eigenvalue weighted by Crippen LogP contribution is -2.52. The molecule has 3 heterocycles. The van der Waals surface area contributed by atoms with Crippen LogP contribution in [0.1, 0.15) is 28.1 Å². The largest absolute Gasteiger partial charge is 0.335 e. The van der Waals surface area contributed by atoms with Gasteiger partial charge in [0.2, 0.25) is 0 Å². The Morgan fingerprint density at radius 2 is 2.29 bits per heavy atom. The van der Waals surface area contributed by atoms with Crippen LogP contribution in [0.25, 0.3) is 0 Å². The van der Waals surface area contributed by atoms with Crippen molar-refractivity contribution in [2.75, 3.05) is 26.2 Å². The zero-order valence-corrected chi connectivity index (χ0v) is 11.0. The first kappa shape index (κ1) is 11.2. The number of carbonyl (C=O) groups excluding carboxylic acids is 1. The molecule has 1 aromatic heterocycles. The van der Waals surface area contributed by atoms with Crippen LogP contribution in [-0.2, 0) is 0 Å². The standard InChI is InChI=1S/C13H18N2OS/c1-10-4-8-17-12(10)13(16)15-7-6-14-5-2-3-11(14)9-15/h4,8,11H,2-3,5-7,9H2,1H3. The molecule has 3 rings (SSSR count). The van der Waals surface area contributed by atoms with Crippen LogP contribution in [0.5, 0.6) is 0 Å². The van der Waals surface area contributed by atoms with E-state index < -0.39 is 0 Å². The van der Waals surface area contributed by atoms with Gasteiger partial charge in [0, 0.05) is 25.7 Å². The second-order valence-electron chi connectivity index (χ2n) is 5.02. The van der Waals surface area contributed by atoms with Gasteiger partial charge in [-0.2, -0.15) is 0 Å². The van der Waals surface area contributed by atoms with Crippen LogP contribution in [0, 0.1) is 6.92 Å². The smallest absolute Gasteiger partial charge is 0.264 e. The minimum atomic E-state index is 0.240. The summed E-state index contributed by atoms with van der Waals surface area (Å²) < 4.78 is 0. The number of aryl methyl sites for hydroxylation is 1. The molecule has 2 aliphatic heterocycles. The molecule has 0 aromatic carbocycles. The molecule has 2 fully saturated rings. The highest BCUT2D eigenvalue weighted by Crippen LogP contribution is 2.24. The molecule has 0 N–H and O–H groups in total. The lowest BCUT2D eigenvalue weighted by atomic mass is 10.1. The number of hydrogen-bond acceptors (Lipinski definition) is 3. The van der Waals surface area contributed by atoms with Gasteiger partial charge in [0.25, 0.3) is 5.91 Å². The minimum Gasteiger partial charge on any atom is -0.335 e. The third-order valence-electron chi connectivity index (χ3n) is 3.93. The van der Waals surface area contributed by atoms with Crippen molar-refractivity contribution < 1.29 is 4.79 Å². The van der Waals surface area contributed by atoms with Crippen LogP contribution in [0.3, 0.4) is 0 Å². The molecule has 92 valence electrons. The van der Waals surface area contributed by atoms with Gasteiger partial charge in [0.05, 0.1) is 4.88 Å². The highest BCUT2D eigenvalue weighted by atomic mass is 32.1. The molecule has 0 radical (unpaired) electrons. The second kappa shape index (κ2) is 4.42. The molecule has 1 amide bonds. The van der Waals surface area contributed by atoms with E-state index >= 15 is 0 Å². The molecular formula is C13H18N2OS. The van der Waals surface area contributed by atoms with Gasteiger partial charge in [-0.15, -0.1) is 11.3 Å². The molecule has 0 spiro atoms. The summed E-state index contributed by atoms with van der Waals surface area (Å²) >= 11 is 1.57. The normalized spacial score (nSPS) is 25.0. The summed E-state index contributed by atoms with van der Waals surface area (Å²) in [5, 5.41) is 2.01. The first-order valence-corrected chi connectivity index (χ1v) is 7.21. The number of hydrogen-bond donors (Lipinski definition) is 0. The summed E-state index contributed by atoms with van der Waals surface area (Å²) in [7, 11) is 0. The molecule has 0 aliphatic carbocycles. The summed E-state index contributed by atoms with van der Waals surface area (Å²) in [5.41, 5.74) is 1.12. The number of rotatable bonds is 1. The zero-order chi connectivity index (χ0) is 11.8. The monoisotopic (exact) mass is 250 g/mol. The molecule has 4 heteroatoms. The summed E-state index contributed by atoms with van der Waals surface area (Å²) in [4.78, 5) is 17.9. The third kappa shape index (κ3) is 2.00. The van der Waals surface area contributed by atoms with E-state index in [1.54, 1.807) is 11.3 Å². The van der Waals surface area contributed by atoms with Crippen LogP contribution in [-0.4, -0.2) is 47.9 Å². The van der Waals surface area contributed by atoms with Crippen LogP contribution in [0.4, 0.5) is 0 Å². The molecular weight excluding hydrogens is 232 g/mol. The predicted octanol–water partition coefficient (Wildman–Crippen LogP) is 1.98. The Balaban J connectivity index is 1.73. The van der Waals surface area contributed by atoms with Gasteiger partial charge in [0.1, 0.15) is 0 Å². The Kier molecular flexibility index (Phi) is 2.92. The molecule has 1 unspecified atom stereocenters. The first-order chi connectivity index (χ1) is 8.25. The Labute approximate surface area is 106 Å². The van der Waals surface area contributed by atoms with E-state index in [4.69, 9.17) is 0 Å². The summed E-state index contributed by atoms with van der Waals surface area (Å²) in [5.74, 6) is 0.240.